The van der Waals surface area contributed by atoms with Gasteiger partial charge in [-0.05, 0) is 24.3 Å². The maximum Gasteiger partial charge on any atom is 0.405 e. The smallest absolute Gasteiger partial charge is 0.405 e. The van der Waals surface area contributed by atoms with Crippen molar-refractivity contribution in [1.29, 1.82) is 0 Å². The molecule has 25 heavy (non-hydrogen) atoms. The van der Waals surface area contributed by atoms with Gasteiger partial charge in [-0.1, -0.05) is 0 Å². The Balaban J connectivity index is 0.00000312. The number of amides is 1. The van der Waals surface area contributed by atoms with Crippen molar-refractivity contribution in [1.82, 2.24) is 15.5 Å². The molecule has 142 valence electrons. The second-order valence-electron chi connectivity index (χ2n) is 5.43. The highest BCUT2D eigenvalue weighted by molar-refractivity contribution is 5.85. The van der Waals surface area contributed by atoms with E-state index in [0.717, 1.165) is 0 Å². The summed E-state index contributed by atoms with van der Waals surface area (Å²) in [5.74, 6) is -0.235. The van der Waals surface area contributed by atoms with Gasteiger partial charge in [0.1, 0.15) is 17.5 Å². The summed E-state index contributed by atoms with van der Waals surface area (Å²) >= 11 is 0. The van der Waals surface area contributed by atoms with Gasteiger partial charge in [0.2, 0.25) is 0 Å². The monoisotopic (exact) mass is 383 g/mol. The first kappa shape index (κ1) is 21.3. The standard InChI is InChI=1S/C15H20F3N3O3.ClH/c16-15(17,18)13(21-7-5-19-6-8-21)9-20-14(23)10-24-12-3-1-11(22)2-4-12;/h1-4,13,19,22H,5-10H2,(H,20,23);1H. The highest BCUT2D eigenvalue weighted by atomic mass is 35.5. The number of carbonyl (C=O) groups is 1. The third kappa shape index (κ3) is 6.97. The highest BCUT2D eigenvalue weighted by Crippen LogP contribution is 2.24. The van der Waals surface area contributed by atoms with E-state index >= 15 is 0 Å². The lowest BCUT2D eigenvalue weighted by Gasteiger charge is -2.35. The van der Waals surface area contributed by atoms with Crippen LogP contribution in [0.1, 0.15) is 0 Å². The fraction of sp³-hybridized carbons (Fsp3) is 0.533. The zero-order valence-electron chi connectivity index (χ0n) is 13.4. The summed E-state index contributed by atoms with van der Waals surface area (Å²) in [7, 11) is 0. The Bertz CT molecular complexity index is 537. The lowest BCUT2D eigenvalue weighted by Crippen LogP contribution is -2.57. The van der Waals surface area contributed by atoms with Gasteiger partial charge in [-0.15, -0.1) is 12.4 Å². The van der Waals surface area contributed by atoms with E-state index in [1.165, 1.54) is 29.2 Å². The fourth-order valence-corrected chi connectivity index (χ4v) is 2.40. The molecule has 0 aromatic heterocycles. The maximum atomic E-state index is 13.2. The number of benzene rings is 1. The number of hydrogen-bond donors (Lipinski definition) is 3. The molecule has 1 aromatic rings. The van der Waals surface area contributed by atoms with Crippen LogP contribution in [0.2, 0.25) is 0 Å². The van der Waals surface area contributed by atoms with Crippen LogP contribution in [0.25, 0.3) is 0 Å². The lowest BCUT2D eigenvalue weighted by atomic mass is 10.2. The van der Waals surface area contributed by atoms with E-state index in [0.29, 0.717) is 18.8 Å². The van der Waals surface area contributed by atoms with E-state index in [2.05, 4.69) is 10.6 Å². The van der Waals surface area contributed by atoms with Gasteiger partial charge in [-0.3, -0.25) is 9.69 Å². The topological polar surface area (TPSA) is 73.8 Å². The minimum atomic E-state index is -4.41. The Morgan fingerprint density at radius 1 is 1.28 bits per heavy atom. The molecule has 0 radical (unpaired) electrons. The van der Waals surface area contributed by atoms with Gasteiger partial charge in [0.05, 0.1) is 0 Å². The molecule has 1 aliphatic heterocycles. The number of rotatable bonds is 6. The first-order chi connectivity index (χ1) is 11.4. The summed E-state index contributed by atoms with van der Waals surface area (Å²) < 4.78 is 44.7. The van der Waals surface area contributed by atoms with E-state index in [1.807, 2.05) is 0 Å². The Morgan fingerprint density at radius 2 is 1.88 bits per heavy atom. The van der Waals surface area contributed by atoms with E-state index in [4.69, 9.17) is 9.84 Å². The number of aromatic hydroxyl groups is 1. The largest absolute Gasteiger partial charge is 0.508 e. The number of piperazine rings is 1. The number of nitrogens with one attached hydrogen (secondary N) is 2. The summed E-state index contributed by atoms with van der Waals surface area (Å²) in [6.45, 7) is 0.640. The van der Waals surface area contributed by atoms with E-state index in [1.54, 1.807) is 0 Å². The van der Waals surface area contributed by atoms with Crippen LogP contribution < -0.4 is 15.4 Å². The number of nitrogens with zero attached hydrogens (tertiary/aromatic N) is 1. The van der Waals surface area contributed by atoms with Crippen LogP contribution >= 0.6 is 12.4 Å². The molecule has 1 aliphatic rings. The number of phenolic OH excluding ortho intramolecular Hbond substituents is 1. The molecule has 1 amide bonds. The van der Waals surface area contributed by atoms with Gasteiger partial charge in [-0.25, -0.2) is 0 Å². The molecular weight excluding hydrogens is 363 g/mol. The Hall–Kier alpha value is -1.71. The second-order valence-corrected chi connectivity index (χ2v) is 5.43. The molecule has 1 unspecified atom stereocenters. The highest BCUT2D eigenvalue weighted by Gasteiger charge is 2.43. The second kappa shape index (κ2) is 9.69. The zero-order chi connectivity index (χ0) is 17.6. The molecule has 1 saturated heterocycles. The molecule has 0 saturated carbocycles. The van der Waals surface area contributed by atoms with Crippen molar-refractivity contribution < 1.29 is 27.8 Å². The number of halogens is 4. The molecule has 0 bridgehead atoms. The van der Waals surface area contributed by atoms with Crippen LogP contribution in [0, 0.1) is 0 Å². The summed E-state index contributed by atoms with van der Waals surface area (Å²) in [4.78, 5) is 13.0. The molecule has 6 nitrogen and oxygen atoms in total. The minimum absolute atomic E-state index is 0. The Labute approximate surface area is 149 Å². The molecule has 1 fully saturated rings. The van der Waals surface area contributed by atoms with Gasteiger partial charge in [0.25, 0.3) is 5.91 Å². The van der Waals surface area contributed by atoms with E-state index in [9.17, 15) is 18.0 Å². The predicted octanol–water partition coefficient (Wildman–Crippen LogP) is 1.15. The first-order valence-electron chi connectivity index (χ1n) is 7.56. The van der Waals surface area contributed by atoms with Crippen molar-refractivity contribution in [2.45, 2.75) is 12.2 Å². The van der Waals surface area contributed by atoms with E-state index < -0.39 is 31.3 Å². The third-order valence-electron chi connectivity index (χ3n) is 3.67. The van der Waals surface area contributed by atoms with Crippen molar-refractivity contribution in [3.05, 3.63) is 24.3 Å². The van der Waals surface area contributed by atoms with Crippen LogP contribution in [0.3, 0.4) is 0 Å². The quantitative estimate of drug-likeness (QED) is 0.687. The van der Waals surface area contributed by atoms with Crippen LogP contribution in [-0.2, 0) is 4.79 Å². The molecule has 1 aromatic carbocycles. The molecule has 2 rings (SSSR count). The Morgan fingerprint density at radius 3 is 2.44 bits per heavy atom. The van der Waals surface area contributed by atoms with Crippen molar-refractivity contribution >= 4 is 18.3 Å². The van der Waals surface area contributed by atoms with Gasteiger partial charge in [-0.2, -0.15) is 13.2 Å². The normalized spacial score (nSPS) is 16.6. The van der Waals surface area contributed by atoms with Gasteiger partial charge in [0, 0.05) is 32.7 Å². The first-order valence-corrected chi connectivity index (χ1v) is 7.56. The summed E-state index contributed by atoms with van der Waals surface area (Å²) in [6, 6.07) is 3.98. The average Bonchev–Trinajstić information content (AvgIpc) is 2.54. The molecule has 1 heterocycles. The van der Waals surface area contributed by atoms with Gasteiger partial charge < -0.3 is 20.5 Å². The lowest BCUT2D eigenvalue weighted by molar-refractivity contribution is -0.184. The number of phenols is 1. The molecule has 3 N–H and O–H groups in total. The molecule has 1 atom stereocenters. The van der Waals surface area contributed by atoms with Gasteiger partial charge in [0.15, 0.2) is 6.61 Å². The maximum absolute atomic E-state index is 13.2. The van der Waals surface area contributed by atoms with Crippen molar-refractivity contribution in [2.75, 3.05) is 39.3 Å². The molecule has 0 spiro atoms. The van der Waals surface area contributed by atoms with Crippen LogP contribution in [0.4, 0.5) is 13.2 Å². The van der Waals surface area contributed by atoms with Gasteiger partial charge >= 0.3 is 6.18 Å². The van der Waals surface area contributed by atoms with Crippen molar-refractivity contribution in [2.24, 2.45) is 0 Å². The third-order valence-corrected chi connectivity index (χ3v) is 3.67. The SMILES string of the molecule is Cl.O=C(COc1ccc(O)cc1)NCC(N1CCNCC1)C(F)(F)F. The van der Waals surface area contributed by atoms with Crippen LogP contribution in [0.5, 0.6) is 11.5 Å². The number of ether oxygens (including phenoxy) is 1. The number of carbonyl (C=O) groups excluding carboxylic acids is 1. The average molecular weight is 384 g/mol. The molecular formula is C15H21ClF3N3O3. The van der Waals surface area contributed by atoms with Crippen LogP contribution in [-0.4, -0.2) is 67.5 Å². The van der Waals surface area contributed by atoms with Crippen molar-refractivity contribution in [3.8, 4) is 11.5 Å². The summed E-state index contributed by atoms with van der Waals surface area (Å²) in [5, 5.41) is 14.4. The summed E-state index contributed by atoms with van der Waals surface area (Å²) in [5.41, 5.74) is 0. The number of hydrogen-bond acceptors (Lipinski definition) is 5. The van der Waals surface area contributed by atoms with Crippen LogP contribution in [0.15, 0.2) is 24.3 Å². The minimum Gasteiger partial charge on any atom is -0.508 e. The predicted molar refractivity (Wildman–Crippen MR) is 88.1 cm³/mol. The number of alkyl halides is 3. The molecule has 10 heteroatoms. The summed E-state index contributed by atoms with van der Waals surface area (Å²) in [6.07, 6.45) is -4.41. The molecule has 0 aliphatic carbocycles. The van der Waals surface area contributed by atoms with Crippen molar-refractivity contribution in [3.63, 3.8) is 0 Å². The van der Waals surface area contributed by atoms with E-state index in [-0.39, 0.29) is 31.2 Å². The fourth-order valence-electron chi connectivity index (χ4n) is 2.40. The zero-order valence-corrected chi connectivity index (χ0v) is 14.2. The Kier molecular flexibility index (Phi) is 8.27.